The van der Waals surface area contributed by atoms with Crippen LogP contribution >= 0.6 is 11.6 Å². The zero-order valence-corrected chi connectivity index (χ0v) is 22.0. The molecule has 0 aliphatic carbocycles. The third-order valence-corrected chi connectivity index (χ3v) is 8.35. The summed E-state index contributed by atoms with van der Waals surface area (Å²) in [4.78, 5) is 17.3. The molecule has 1 aliphatic heterocycles. The van der Waals surface area contributed by atoms with Crippen LogP contribution in [0.25, 0.3) is 0 Å². The van der Waals surface area contributed by atoms with Gasteiger partial charge in [0.2, 0.25) is 15.9 Å². The number of aryl methyl sites for hydroxylation is 1. The second-order valence-corrected chi connectivity index (χ2v) is 11.1. The molecule has 7 nitrogen and oxygen atoms in total. The van der Waals surface area contributed by atoms with Crippen molar-refractivity contribution in [3.63, 3.8) is 0 Å². The van der Waals surface area contributed by atoms with E-state index in [0.717, 1.165) is 11.3 Å². The van der Waals surface area contributed by atoms with Gasteiger partial charge >= 0.3 is 0 Å². The molecule has 3 aromatic carbocycles. The van der Waals surface area contributed by atoms with Gasteiger partial charge in [0.05, 0.1) is 18.6 Å². The minimum absolute atomic E-state index is 0.0997. The molecule has 1 saturated heterocycles. The molecule has 190 valence electrons. The van der Waals surface area contributed by atoms with Crippen molar-refractivity contribution in [3.8, 4) is 5.75 Å². The van der Waals surface area contributed by atoms with Crippen molar-refractivity contribution in [2.75, 3.05) is 44.7 Å². The Balaban J connectivity index is 1.51. The standard InChI is InChI=1S/C27H30ClN3O4S/c1-21-17-25(11-12-26(21)35-2)36(33,34)31(19-22-7-4-3-5-8-22)20-27(32)30-15-13-29(14-16-30)24-10-6-9-23(28)18-24/h3-12,17-18H,13-16,19-20H2,1-2H3. The second kappa shape index (κ2) is 11.3. The maximum absolute atomic E-state index is 13.7. The van der Waals surface area contributed by atoms with Gasteiger partial charge in [-0.1, -0.05) is 48.0 Å². The normalized spacial score (nSPS) is 14.2. The topological polar surface area (TPSA) is 70.2 Å². The van der Waals surface area contributed by atoms with Crippen molar-refractivity contribution >= 4 is 33.2 Å². The number of methoxy groups -OCH3 is 1. The smallest absolute Gasteiger partial charge is 0.243 e. The van der Waals surface area contributed by atoms with Crippen LogP contribution < -0.4 is 9.64 Å². The van der Waals surface area contributed by atoms with E-state index in [9.17, 15) is 13.2 Å². The van der Waals surface area contributed by atoms with Gasteiger partial charge in [0.25, 0.3) is 0 Å². The van der Waals surface area contributed by atoms with Crippen LogP contribution in [-0.4, -0.2) is 63.4 Å². The summed E-state index contributed by atoms with van der Waals surface area (Å²) in [6, 6.07) is 21.7. The van der Waals surface area contributed by atoms with Crippen molar-refractivity contribution in [2.45, 2.75) is 18.4 Å². The molecular formula is C27H30ClN3O4S. The Kier molecular flexibility index (Phi) is 8.18. The highest BCUT2D eigenvalue weighted by Crippen LogP contribution is 2.25. The van der Waals surface area contributed by atoms with Crippen LogP contribution in [0.4, 0.5) is 5.69 Å². The number of amides is 1. The number of rotatable bonds is 8. The Hall–Kier alpha value is -3.07. The first-order valence-electron chi connectivity index (χ1n) is 11.7. The highest BCUT2D eigenvalue weighted by Gasteiger charge is 2.30. The molecule has 0 aromatic heterocycles. The van der Waals surface area contributed by atoms with Crippen LogP contribution in [0.3, 0.4) is 0 Å². The Labute approximate surface area is 217 Å². The number of halogens is 1. The lowest BCUT2D eigenvalue weighted by atomic mass is 10.2. The number of carbonyl (C=O) groups excluding carboxylic acids is 1. The van der Waals surface area contributed by atoms with E-state index in [2.05, 4.69) is 4.90 Å². The average Bonchev–Trinajstić information content (AvgIpc) is 2.89. The van der Waals surface area contributed by atoms with Gasteiger partial charge < -0.3 is 14.5 Å². The molecule has 0 spiro atoms. The molecule has 3 aromatic rings. The zero-order chi connectivity index (χ0) is 25.7. The molecule has 0 bridgehead atoms. The number of sulfonamides is 1. The lowest BCUT2D eigenvalue weighted by Gasteiger charge is -2.37. The summed E-state index contributed by atoms with van der Waals surface area (Å²) in [6.45, 7) is 3.97. The first-order chi connectivity index (χ1) is 17.3. The van der Waals surface area contributed by atoms with Gasteiger partial charge in [-0.25, -0.2) is 8.42 Å². The van der Waals surface area contributed by atoms with Gasteiger partial charge in [-0.15, -0.1) is 0 Å². The molecule has 0 saturated carbocycles. The van der Waals surface area contributed by atoms with Crippen molar-refractivity contribution < 1.29 is 17.9 Å². The summed E-state index contributed by atoms with van der Waals surface area (Å²) in [5.41, 5.74) is 2.53. The molecule has 36 heavy (non-hydrogen) atoms. The van der Waals surface area contributed by atoms with E-state index in [4.69, 9.17) is 16.3 Å². The number of ether oxygens (including phenoxy) is 1. The Morgan fingerprint density at radius 2 is 1.69 bits per heavy atom. The van der Waals surface area contributed by atoms with Crippen LogP contribution in [0.1, 0.15) is 11.1 Å². The van der Waals surface area contributed by atoms with E-state index in [0.29, 0.717) is 42.5 Å². The third kappa shape index (κ3) is 6.00. The van der Waals surface area contributed by atoms with E-state index in [1.54, 1.807) is 31.1 Å². The van der Waals surface area contributed by atoms with Crippen LogP contribution in [0.2, 0.25) is 5.02 Å². The van der Waals surface area contributed by atoms with E-state index in [1.165, 1.54) is 10.4 Å². The maximum atomic E-state index is 13.7. The van der Waals surface area contributed by atoms with Gasteiger partial charge in [-0.3, -0.25) is 4.79 Å². The number of hydrogen-bond donors (Lipinski definition) is 0. The van der Waals surface area contributed by atoms with Gasteiger partial charge in [-0.2, -0.15) is 4.31 Å². The van der Waals surface area contributed by atoms with Gasteiger partial charge in [-0.05, 0) is 54.4 Å². The predicted molar refractivity (Wildman–Crippen MR) is 142 cm³/mol. The van der Waals surface area contributed by atoms with Crippen LogP contribution in [0.5, 0.6) is 5.75 Å². The van der Waals surface area contributed by atoms with Gasteiger partial charge in [0, 0.05) is 43.4 Å². The SMILES string of the molecule is COc1ccc(S(=O)(=O)N(CC(=O)N2CCN(c3cccc(Cl)c3)CC2)Cc2ccccc2)cc1C. The van der Waals surface area contributed by atoms with Crippen molar-refractivity contribution in [1.29, 1.82) is 0 Å². The van der Waals surface area contributed by atoms with E-state index in [1.807, 2.05) is 54.6 Å². The number of piperazine rings is 1. The Bertz CT molecular complexity index is 1310. The largest absolute Gasteiger partial charge is 0.496 e. The molecule has 4 rings (SSSR count). The van der Waals surface area contributed by atoms with E-state index in [-0.39, 0.29) is 23.9 Å². The lowest BCUT2D eigenvalue weighted by Crippen LogP contribution is -2.51. The third-order valence-electron chi connectivity index (χ3n) is 6.32. The molecular weight excluding hydrogens is 498 g/mol. The summed E-state index contributed by atoms with van der Waals surface area (Å²) >= 11 is 6.13. The fraction of sp³-hybridized carbons (Fsp3) is 0.296. The van der Waals surface area contributed by atoms with E-state index < -0.39 is 10.0 Å². The van der Waals surface area contributed by atoms with Crippen LogP contribution in [-0.2, 0) is 21.4 Å². The predicted octanol–water partition coefficient (Wildman–Crippen LogP) is 4.20. The minimum Gasteiger partial charge on any atom is -0.496 e. The highest BCUT2D eigenvalue weighted by atomic mass is 35.5. The Morgan fingerprint density at radius 3 is 2.33 bits per heavy atom. The number of hydrogen-bond acceptors (Lipinski definition) is 5. The lowest BCUT2D eigenvalue weighted by molar-refractivity contribution is -0.131. The zero-order valence-electron chi connectivity index (χ0n) is 20.4. The fourth-order valence-corrected chi connectivity index (χ4v) is 5.96. The van der Waals surface area contributed by atoms with Crippen molar-refractivity contribution in [2.24, 2.45) is 0 Å². The number of nitrogens with zero attached hydrogens (tertiary/aromatic N) is 3. The van der Waals surface area contributed by atoms with Gasteiger partial charge in [0.15, 0.2) is 0 Å². The molecule has 0 unspecified atom stereocenters. The number of benzene rings is 3. The number of anilines is 1. The quantitative estimate of drug-likeness (QED) is 0.439. The number of carbonyl (C=O) groups is 1. The average molecular weight is 528 g/mol. The van der Waals surface area contributed by atoms with Gasteiger partial charge in [0.1, 0.15) is 5.75 Å². The first-order valence-corrected chi connectivity index (χ1v) is 13.6. The molecule has 9 heteroatoms. The molecule has 1 fully saturated rings. The first kappa shape index (κ1) is 26.0. The van der Waals surface area contributed by atoms with Crippen molar-refractivity contribution in [1.82, 2.24) is 9.21 Å². The molecule has 0 N–H and O–H groups in total. The molecule has 1 heterocycles. The maximum Gasteiger partial charge on any atom is 0.243 e. The fourth-order valence-electron chi connectivity index (χ4n) is 4.31. The summed E-state index contributed by atoms with van der Waals surface area (Å²) in [5.74, 6) is 0.391. The second-order valence-electron chi connectivity index (χ2n) is 8.74. The Morgan fingerprint density at radius 1 is 0.972 bits per heavy atom. The molecule has 1 aliphatic rings. The van der Waals surface area contributed by atoms with Crippen LogP contribution in [0, 0.1) is 6.92 Å². The highest BCUT2D eigenvalue weighted by molar-refractivity contribution is 7.89. The summed E-state index contributed by atoms with van der Waals surface area (Å²) in [6.07, 6.45) is 0. The molecule has 0 atom stereocenters. The minimum atomic E-state index is -3.93. The summed E-state index contributed by atoms with van der Waals surface area (Å²) in [7, 11) is -2.39. The van der Waals surface area contributed by atoms with Crippen molar-refractivity contribution in [3.05, 3.63) is 88.9 Å². The molecule has 1 amide bonds. The van der Waals surface area contributed by atoms with E-state index >= 15 is 0 Å². The van der Waals surface area contributed by atoms with Crippen LogP contribution in [0.15, 0.2) is 77.7 Å². The summed E-state index contributed by atoms with van der Waals surface area (Å²) in [5, 5.41) is 0.668. The summed E-state index contributed by atoms with van der Waals surface area (Å²) < 4.78 is 33.9. The molecule has 0 radical (unpaired) electrons. The monoisotopic (exact) mass is 527 g/mol.